The third-order valence-electron chi connectivity index (χ3n) is 3.51. The second-order valence-corrected chi connectivity index (χ2v) is 5.03. The molecule has 0 saturated carbocycles. The Balaban J connectivity index is 2.09. The van der Waals surface area contributed by atoms with Gasteiger partial charge in [0, 0.05) is 12.6 Å². The van der Waals surface area contributed by atoms with Crippen molar-refractivity contribution in [1.82, 2.24) is 10.6 Å². The Bertz CT molecular complexity index is 447. The highest BCUT2D eigenvalue weighted by atomic mass is 19.1. The zero-order valence-electron chi connectivity index (χ0n) is 10.8. The first-order valence-electron chi connectivity index (χ1n) is 6.35. The second kappa shape index (κ2) is 5.48. The number of carbonyl (C=O) groups is 1. The summed E-state index contributed by atoms with van der Waals surface area (Å²) in [6.07, 6.45) is 1.03. The third-order valence-corrected chi connectivity index (χ3v) is 3.51. The molecule has 1 aliphatic heterocycles. The van der Waals surface area contributed by atoms with Crippen LogP contribution in [0.1, 0.15) is 29.3 Å². The third kappa shape index (κ3) is 2.88. The number of hydrogen-bond donors (Lipinski definition) is 2. The van der Waals surface area contributed by atoms with Crippen LogP contribution < -0.4 is 10.6 Å². The number of amides is 1. The van der Waals surface area contributed by atoms with E-state index in [1.807, 2.05) is 6.92 Å². The Morgan fingerprint density at radius 1 is 1.50 bits per heavy atom. The number of halogens is 1. The van der Waals surface area contributed by atoms with E-state index in [9.17, 15) is 9.18 Å². The molecule has 0 radical (unpaired) electrons. The molecule has 2 atom stereocenters. The maximum absolute atomic E-state index is 13.6. The predicted molar refractivity (Wildman–Crippen MR) is 69.0 cm³/mol. The maximum atomic E-state index is 13.6. The van der Waals surface area contributed by atoms with Gasteiger partial charge in [-0.25, -0.2) is 4.39 Å². The van der Waals surface area contributed by atoms with E-state index in [0.717, 1.165) is 25.1 Å². The molecule has 2 rings (SSSR count). The summed E-state index contributed by atoms with van der Waals surface area (Å²) in [5, 5.41) is 6.15. The first kappa shape index (κ1) is 13.0. The molecule has 0 spiro atoms. The van der Waals surface area contributed by atoms with Crippen molar-refractivity contribution in [1.29, 1.82) is 0 Å². The number of hydrogen-bond acceptors (Lipinski definition) is 2. The molecule has 1 aromatic rings. The summed E-state index contributed by atoms with van der Waals surface area (Å²) >= 11 is 0. The van der Waals surface area contributed by atoms with Gasteiger partial charge >= 0.3 is 0 Å². The van der Waals surface area contributed by atoms with Crippen LogP contribution in [-0.2, 0) is 0 Å². The number of rotatable bonds is 2. The zero-order chi connectivity index (χ0) is 13.1. The highest BCUT2D eigenvalue weighted by molar-refractivity contribution is 5.94. The lowest BCUT2D eigenvalue weighted by molar-refractivity contribution is 0.0911. The average molecular weight is 250 g/mol. The summed E-state index contributed by atoms with van der Waals surface area (Å²) in [5.74, 6) is -0.366. The predicted octanol–water partition coefficient (Wildman–Crippen LogP) is 1.86. The van der Waals surface area contributed by atoms with Crippen molar-refractivity contribution in [3.8, 4) is 0 Å². The van der Waals surface area contributed by atoms with E-state index in [0.29, 0.717) is 5.92 Å². The minimum absolute atomic E-state index is 0.0752. The Hall–Kier alpha value is -1.42. The fourth-order valence-corrected chi connectivity index (χ4v) is 2.24. The minimum Gasteiger partial charge on any atom is -0.348 e. The molecule has 1 heterocycles. The van der Waals surface area contributed by atoms with Crippen LogP contribution >= 0.6 is 0 Å². The van der Waals surface area contributed by atoms with Crippen molar-refractivity contribution >= 4 is 5.91 Å². The fraction of sp³-hybridized carbons (Fsp3) is 0.500. The van der Waals surface area contributed by atoms with Gasteiger partial charge in [0.15, 0.2) is 0 Å². The molecule has 0 unspecified atom stereocenters. The number of carbonyl (C=O) groups excluding carboxylic acids is 1. The molecule has 1 saturated heterocycles. The van der Waals surface area contributed by atoms with Gasteiger partial charge in [-0.3, -0.25) is 4.79 Å². The molecule has 1 aliphatic rings. The highest BCUT2D eigenvalue weighted by Crippen LogP contribution is 2.14. The number of piperidine rings is 1. The van der Waals surface area contributed by atoms with Gasteiger partial charge in [-0.1, -0.05) is 18.6 Å². The summed E-state index contributed by atoms with van der Waals surface area (Å²) in [7, 11) is 0. The van der Waals surface area contributed by atoms with Gasteiger partial charge in [0.1, 0.15) is 5.82 Å². The molecule has 0 aromatic heterocycles. The molecule has 1 fully saturated rings. The van der Waals surface area contributed by atoms with E-state index >= 15 is 0 Å². The van der Waals surface area contributed by atoms with E-state index in [1.54, 1.807) is 12.1 Å². The summed E-state index contributed by atoms with van der Waals surface area (Å²) < 4.78 is 13.6. The molecule has 0 aliphatic carbocycles. The Morgan fingerprint density at radius 3 is 3.00 bits per heavy atom. The first-order chi connectivity index (χ1) is 8.58. The van der Waals surface area contributed by atoms with Gasteiger partial charge < -0.3 is 10.6 Å². The van der Waals surface area contributed by atoms with Crippen LogP contribution in [0.4, 0.5) is 4.39 Å². The van der Waals surface area contributed by atoms with E-state index in [2.05, 4.69) is 17.6 Å². The van der Waals surface area contributed by atoms with E-state index < -0.39 is 5.82 Å². The topological polar surface area (TPSA) is 41.1 Å². The molecule has 0 bridgehead atoms. The molecule has 3 nitrogen and oxygen atoms in total. The fourth-order valence-electron chi connectivity index (χ4n) is 2.24. The van der Waals surface area contributed by atoms with Crippen molar-refractivity contribution in [3.63, 3.8) is 0 Å². The van der Waals surface area contributed by atoms with Gasteiger partial charge in [-0.05, 0) is 37.9 Å². The van der Waals surface area contributed by atoms with Crippen LogP contribution in [0, 0.1) is 18.7 Å². The maximum Gasteiger partial charge on any atom is 0.254 e. The van der Waals surface area contributed by atoms with Crippen molar-refractivity contribution in [2.45, 2.75) is 26.3 Å². The quantitative estimate of drug-likeness (QED) is 0.841. The Morgan fingerprint density at radius 2 is 2.28 bits per heavy atom. The van der Waals surface area contributed by atoms with E-state index in [-0.39, 0.29) is 17.5 Å². The lowest BCUT2D eigenvalue weighted by Crippen LogP contribution is -2.50. The normalized spacial score (nSPS) is 23.7. The lowest BCUT2D eigenvalue weighted by Gasteiger charge is -2.30. The SMILES string of the molecule is Cc1ccc(F)c(C(=O)N[C@H]2CNCC[C@H]2C)c1. The molecule has 98 valence electrons. The van der Waals surface area contributed by atoms with E-state index in [1.165, 1.54) is 6.07 Å². The van der Waals surface area contributed by atoms with Crippen LogP contribution in [0.25, 0.3) is 0 Å². The van der Waals surface area contributed by atoms with Crippen LogP contribution in [0.2, 0.25) is 0 Å². The molecule has 2 N–H and O–H groups in total. The van der Waals surface area contributed by atoms with Crippen molar-refractivity contribution in [3.05, 3.63) is 35.1 Å². The zero-order valence-corrected chi connectivity index (χ0v) is 10.8. The van der Waals surface area contributed by atoms with Gasteiger partial charge in [0.25, 0.3) is 5.91 Å². The smallest absolute Gasteiger partial charge is 0.254 e. The summed E-state index contributed by atoms with van der Waals surface area (Å²) in [4.78, 5) is 12.1. The monoisotopic (exact) mass is 250 g/mol. The Labute approximate surface area is 107 Å². The lowest BCUT2D eigenvalue weighted by atomic mass is 9.94. The molecule has 4 heteroatoms. The number of nitrogens with one attached hydrogen (secondary N) is 2. The summed E-state index contributed by atoms with van der Waals surface area (Å²) in [6, 6.07) is 4.67. The molecule has 18 heavy (non-hydrogen) atoms. The van der Waals surface area contributed by atoms with Crippen molar-refractivity contribution in [2.75, 3.05) is 13.1 Å². The van der Waals surface area contributed by atoms with Crippen LogP contribution in [0.5, 0.6) is 0 Å². The highest BCUT2D eigenvalue weighted by Gasteiger charge is 2.24. The van der Waals surface area contributed by atoms with Crippen molar-refractivity contribution < 1.29 is 9.18 Å². The Kier molecular flexibility index (Phi) is 3.97. The largest absolute Gasteiger partial charge is 0.348 e. The summed E-state index contributed by atoms with van der Waals surface area (Å²) in [5.41, 5.74) is 1.02. The van der Waals surface area contributed by atoms with Gasteiger partial charge in [0.05, 0.1) is 5.56 Å². The molecule has 1 aromatic carbocycles. The minimum atomic E-state index is -0.463. The van der Waals surface area contributed by atoms with Crippen LogP contribution in [-0.4, -0.2) is 25.0 Å². The average Bonchev–Trinajstić information content (AvgIpc) is 2.35. The number of benzene rings is 1. The van der Waals surface area contributed by atoms with Gasteiger partial charge in [0.2, 0.25) is 0 Å². The van der Waals surface area contributed by atoms with Crippen LogP contribution in [0.3, 0.4) is 0 Å². The molecule has 1 amide bonds. The molecular formula is C14H19FN2O. The summed E-state index contributed by atoms with van der Waals surface area (Å²) in [6.45, 7) is 5.69. The second-order valence-electron chi connectivity index (χ2n) is 5.03. The first-order valence-corrected chi connectivity index (χ1v) is 6.35. The van der Waals surface area contributed by atoms with Gasteiger partial charge in [-0.2, -0.15) is 0 Å². The van der Waals surface area contributed by atoms with Crippen molar-refractivity contribution in [2.24, 2.45) is 5.92 Å². The van der Waals surface area contributed by atoms with E-state index in [4.69, 9.17) is 0 Å². The standard InChI is InChI=1S/C14H19FN2O/c1-9-3-4-12(15)11(7-9)14(18)17-13-8-16-6-5-10(13)2/h3-4,7,10,13,16H,5-6,8H2,1-2H3,(H,17,18)/t10-,13+/m1/s1. The molecular weight excluding hydrogens is 231 g/mol. The number of aryl methyl sites for hydroxylation is 1. The van der Waals surface area contributed by atoms with Gasteiger partial charge in [-0.15, -0.1) is 0 Å². The van der Waals surface area contributed by atoms with Crippen LogP contribution in [0.15, 0.2) is 18.2 Å².